The van der Waals surface area contributed by atoms with Crippen LogP contribution in [-0.2, 0) is 9.84 Å². The molecule has 2 aromatic rings. The highest BCUT2D eigenvalue weighted by atomic mass is 32.2. The van der Waals surface area contributed by atoms with Crippen molar-refractivity contribution >= 4 is 15.9 Å². The van der Waals surface area contributed by atoms with E-state index in [2.05, 4.69) is 0 Å². The first kappa shape index (κ1) is 14.0. The Labute approximate surface area is 115 Å². The van der Waals surface area contributed by atoms with Crippen LogP contribution in [0.3, 0.4) is 0 Å². The SMILES string of the molecule is CS(=O)(=O)/C(C#N)=C/c1ccc(-c2ccccc2F)o1. The van der Waals surface area contributed by atoms with Crippen molar-refractivity contribution in [2.45, 2.75) is 0 Å². The predicted octanol–water partition coefficient (Wildman–Crippen LogP) is 2.99. The summed E-state index contributed by atoms with van der Waals surface area (Å²) in [5.74, 6) is -0.00799. The van der Waals surface area contributed by atoms with Gasteiger partial charge in [-0.1, -0.05) is 12.1 Å². The number of nitriles is 1. The van der Waals surface area contributed by atoms with Gasteiger partial charge in [0.05, 0.1) is 5.56 Å². The second-order valence-electron chi connectivity index (χ2n) is 4.07. The van der Waals surface area contributed by atoms with Crippen LogP contribution in [-0.4, -0.2) is 14.7 Å². The molecule has 0 saturated carbocycles. The minimum absolute atomic E-state index is 0.172. The normalized spacial score (nSPS) is 12.2. The molecular weight excluding hydrogens is 281 g/mol. The molecule has 0 atom stereocenters. The third kappa shape index (κ3) is 2.95. The van der Waals surface area contributed by atoms with Crippen LogP contribution in [0.1, 0.15) is 5.76 Å². The highest BCUT2D eigenvalue weighted by molar-refractivity contribution is 7.95. The van der Waals surface area contributed by atoms with Gasteiger partial charge in [0, 0.05) is 12.3 Å². The molecule has 0 aliphatic carbocycles. The average Bonchev–Trinajstić information content (AvgIpc) is 2.83. The summed E-state index contributed by atoms with van der Waals surface area (Å²) in [6.07, 6.45) is 2.04. The van der Waals surface area contributed by atoms with Gasteiger partial charge in [-0.2, -0.15) is 5.26 Å². The number of allylic oxidation sites excluding steroid dienone is 1. The van der Waals surface area contributed by atoms with Crippen molar-refractivity contribution in [3.8, 4) is 17.4 Å². The van der Waals surface area contributed by atoms with Crippen molar-refractivity contribution in [1.29, 1.82) is 5.26 Å². The van der Waals surface area contributed by atoms with E-state index in [4.69, 9.17) is 9.68 Å². The van der Waals surface area contributed by atoms with Gasteiger partial charge in [0.25, 0.3) is 0 Å². The molecule has 0 radical (unpaired) electrons. The quantitative estimate of drug-likeness (QED) is 0.815. The fourth-order valence-corrected chi connectivity index (χ4v) is 2.08. The van der Waals surface area contributed by atoms with Crippen molar-refractivity contribution < 1.29 is 17.2 Å². The molecule has 0 amide bonds. The predicted molar refractivity (Wildman–Crippen MR) is 72.5 cm³/mol. The monoisotopic (exact) mass is 291 g/mol. The van der Waals surface area contributed by atoms with Crippen molar-refractivity contribution in [2.24, 2.45) is 0 Å². The molecule has 0 N–H and O–H groups in total. The number of halogens is 1. The van der Waals surface area contributed by atoms with Crippen LogP contribution in [0.5, 0.6) is 0 Å². The van der Waals surface area contributed by atoms with Crippen LogP contribution in [0, 0.1) is 17.1 Å². The van der Waals surface area contributed by atoms with Crippen molar-refractivity contribution in [3.05, 3.63) is 52.9 Å². The molecule has 0 spiro atoms. The van der Waals surface area contributed by atoms with Gasteiger partial charge in [-0.3, -0.25) is 0 Å². The highest BCUT2D eigenvalue weighted by Crippen LogP contribution is 2.26. The fraction of sp³-hybridized carbons (Fsp3) is 0.0714. The number of hydrogen-bond donors (Lipinski definition) is 0. The van der Waals surface area contributed by atoms with E-state index in [1.165, 1.54) is 18.2 Å². The molecule has 0 saturated heterocycles. The van der Waals surface area contributed by atoms with Gasteiger partial charge < -0.3 is 4.42 Å². The molecule has 0 unspecified atom stereocenters. The maximum absolute atomic E-state index is 13.6. The van der Waals surface area contributed by atoms with E-state index < -0.39 is 20.6 Å². The first-order chi connectivity index (χ1) is 9.41. The van der Waals surface area contributed by atoms with E-state index in [-0.39, 0.29) is 17.1 Å². The van der Waals surface area contributed by atoms with Crippen LogP contribution < -0.4 is 0 Å². The Morgan fingerprint density at radius 1 is 1.30 bits per heavy atom. The van der Waals surface area contributed by atoms with Gasteiger partial charge in [-0.25, -0.2) is 12.8 Å². The Hall–Kier alpha value is -2.39. The number of nitrogens with zero attached hydrogens (tertiary/aromatic N) is 1. The second kappa shape index (κ2) is 5.31. The zero-order valence-corrected chi connectivity index (χ0v) is 11.3. The van der Waals surface area contributed by atoms with E-state index in [1.54, 1.807) is 24.3 Å². The fourth-order valence-electron chi connectivity index (χ4n) is 1.59. The summed E-state index contributed by atoms with van der Waals surface area (Å²) in [7, 11) is -3.61. The van der Waals surface area contributed by atoms with Gasteiger partial charge in [0.2, 0.25) is 0 Å². The van der Waals surface area contributed by atoms with Crippen LogP contribution in [0.15, 0.2) is 45.7 Å². The lowest BCUT2D eigenvalue weighted by molar-refractivity contribution is 0.560. The van der Waals surface area contributed by atoms with Gasteiger partial charge in [0.15, 0.2) is 9.84 Å². The summed E-state index contributed by atoms with van der Waals surface area (Å²) in [5, 5.41) is 8.79. The topological polar surface area (TPSA) is 71.1 Å². The Morgan fingerprint density at radius 2 is 2.00 bits per heavy atom. The Bertz CT molecular complexity index is 813. The van der Waals surface area contributed by atoms with Crippen LogP contribution >= 0.6 is 0 Å². The molecule has 4 nitrogen and oxygen atoms in total. The maximum Gasteiger partial charge on any atom is 0.185 e. The van der Waals surface area contributed by atoms with Crippen LogP contribution in [0.4, 0.5) is 4.39 Å². The summed E-state index contributed by atoms with van der Waals surface area (Å²) in [5.41, 5.74) is 0.269. The van der Waals surface area contributed by atoms with Gasteiger partial charge in [0.1, 0.15) is 28.3 Å². The summed E-state index contributed by atoms with van der Waals surface area (Å²) >= 11 is 0. The molecule has 0 bridgehead atoms. The summed E-state index contributed by atoms with van der Waals surface area (Å²) < 4.78 is 41.5. The molecule has 1 heterocycles. The van der Waals surface area contributed by atoms with E-state index in [9.17, 15) is 12.8 Å². The minimum Gasteiger partial charge on any atom is -0.457 e. The lowest BCUT2D eigenvalue weighted by Crippen LogP contribution is -1.97. The van der Waals surface area contributed by atoms with Crippen molar-refractivity contribution in [3.63, 3.8) is 0 Å². The molecule has 1 aromatic carbocycles. The van der Waals surface area contributed by atoms with E-state index in [0.29, 0.717) is 0 Å². The highest BCUT2D eigenvalue weighted by Gasteiger charge is 2.13. The minimum atomic E-state index is -3.61. The summed E-state index contributed by atoms with van der Waals surface area (Å²) in [6.45, 7) is 0. The molecular formula is C14H10FNO3S. The first-order valence-electron chi connectivity index (χ1n) is 5.58. The van der Waals surface area contributed by atoms with Crippen LogP contribution in [0.25, 0.3) is 17.4 Å². The first-order valence-corrected chi connectivity index (χ1v) is 7.47. The zero-order chi connectivity index (χ0) is 14.8. The number of benzene rings is 1. The van der Waals surface area contributed by atoms with Gasteiger partial charge in [-0.15, -0.1) is 0 Å². The summed E-state index contributed by atoms with van der Waals surface area (Å²) in [4.78, 5) is -0.410. The second-order valence-corrected chi connectivity index (χ2v) is 6.06. The molecule has 6 heteroatoms. The van der Waals surface area contributed by atoms with E-state index in [0.717, 1.165) is 12.3 Å². The molecule has 102 valence electrons. The number of sulfone groups is 1. The largest absolute Gasteiger partial charge is 0.457 e. The molecule has 2 rings (SSSR count). The molecule has 1 aromatic heterocycles. The Morgan fingerprint density at radius 3 is 2.60 bits per heavy atom. The third-order valence-electron chi connectivity index (χ3n) is 2.55. The zero-order valence-electron chi connectivity index (χ0n) is 10.5. The van der Waals surface area contributed by atoms with Crippen molar-refractivity contribution in [2.75, 3.05) is 6.26 Å². The third-order valence-corrected chi connectivity index (χ3v) is 3.56. The standard InChI is InChI=1S/C14H10FNO3S/c1-20(17,18)11(9-16)8-10-6-7-14(19-10)12-4-2-3-5-13(12)15/h2-8H,1H3/b11-8+. The van der Waals surface area contributed by atoms with Crippen LogP contribution in [0.2, 0.25) is 0 Å². The number of furan rings is 1. The molecule has 20 heavy (non-hydrogen) atoms. The molecule has 0 fully saturated rings. The Kier molecular flexibility index (Phi) is 3.72. The lowest BCUT2D eigenvalue weighted by atomic mass is 10.1. The van der Waals surface area contributed by atoms with Crippen molar-refractivity contribution in [1.82, 2.24) is 0 Å². The smallest absolute Gasteiger partial charge is 0.185 e. The molecule has 0 aliphatic rings. The van der Waals surface area contributed by atoms with Gasteiger partial charge >= 0.3 is 0 Å². The van der Waals surface area contributed by atoms with E-state index in [1.807, 2.05) is 0 Å². The molecule has 0 aliphatic heterocycles. The Balaban J connectivity index is 2.43. The maximum atomic E-state index is 13.6. The lowest BCUT2D eigenvalue weighted by Gasteiger charge is -1.98. The number of hydrogen-bond acceptors (Lipinski definition) is 4. The van der Waals surface area contributed by atoms with E-state index >= 15 is 0 Å². The summed E-state index contributed by atoms with van der Waals surface area (Å²) in [6, 6.07) is 10.6. The number of rotatable bonds is 3. The average molecular weight is 291 g/mol. The van der Waals surface area contributed by atoms with Gasteiger partial charge in [-0.05, 0) is 24.3 Å².